The Kier molecular flexibility index (Phi) is 6.57. The molecular formula is C12H25NO2. The van der Waals surface area contributed by atoms with Gasteiger partial charge in [-0.05, 0) is 33.4 Å². The molecule has 1 N–H and O–H groups in total. The maximum Gasteiger partial charge on any atom is 0.310 e. The number of unbranched alkanes of at least 4 members (excludes halogenated alkanes) is 1. The fraction of sp³-hybridized carbons (Fsp3) is 0.917. The molecule has 0 saturated carbocycles. The molecule has 0 aliphatic heterocycles. The number of hydrogen-bond donors (Lipinski definition) is 1. The molecular weight excluding hydrogens is 190 g/mol. The van der Waals surface area contributed by atoms with Gasteiger partial charge in [0.1, 0.15) is 0 Å². The minimum atomic E-state index is -0.673. The average Bonchev–Trinajstić information content (AvgIpc) is 2.14. The second kappa shape index (κ2) is 6.83. The Bertz CT molecular complexity index is 194. The highest BCUT2D eigenvalue weighted by Crippen LogP contribution is 2.24. The van der Waals surface area contributed by atoms with Crippen LogP contribution in [0.4, 0.5) is 0 Å². The van der Waals surface area contributed by atoms with Gasteiger partial charge in [-0.2, -0.15) is 0 Å². The Balaban J connectivity index is 4.21. The summed E-state index contributed by atoms with van der Waals surface area (Å²) < 4.78 is 0. The van der Waals surface area contributed by atoms with Gasteiger partial charge in [0.25, 0.3) is 0 Å². The second-order valence-corrected chi connectivity index (χ2v) is 4.71. The lowest BCUT2D eigenvalue weighted by Gasteiger charge is -2.29. The zero-order valence-corrected chi connectivity index (χ0v) is 10.5. The van der Waals surface area contributed by atoms with E-state index in [-0.39, 0.29) is 0 Å². The summed E-state index contributed by atoms with van der Waals surface area (Å²) in [5.74, 6) is -0.673. The van der Waals surface area contributed by atoms with Gasteiger partial charge in [0.2, 0.25) is 0 Å². The van der Waals surface area contributed by atoms with Gasteiger partial charge in [-0.1, -0.05) is 26.7 Å². The SMILES string of the molecule is CCCCN(C)CC(C)(CCC)C(=O)O. The third kappa shape index (κ3) is 5.17. The van der Waals surface area contributed by atoms with Crippen LogP contribution in [-0.4, -0.2) is 36.1 Å². The van der Waals surface area contributed by atoms with Gasteiger partial charge in [0, 0.05) is 6.54 Å². The normalized spacial score (nSPS) is 15.3. The number of aliphatic carboxylic acids is 1. The van der Waals surface area contributed by atoms with Crippen molar-refractivity contribution in [1.29, 1.82) is 0 Å². The van der Waals surface area contributed by atoms with Crippen molar-refractivity contribution in [2.75, 3.05) is 20.1 Å². The van der Waals surface area contributed by atoms with Crippen LogP contribution < -0.4 is 0 Å². The van der Waals surface area contributed by atoms with Crippen molar-refractivity contribution in [3.63, 3.8) is 0 Å². The Hall–Kier alpha value is -0.570. The Labute approximate surface area is 93.5 Å². The van der Waals surface area contributed by atoms with Gasteiger partial charge < -0.3 is 10.0 Å². The van der Waals surface area contributed by atoms with E-state index in [4.69, 9.17) is 0 Å². The maximum atomic E-state index is 11.2. The van der Waals surface area contributed by atoms with Crippen LogP contribution in [-0.2, 0) is 4.79 Å². The molecule has 0 fully saturated rings. The van der Waals surface area contributed by atoms with Crippen LogP contribution in [0.5, 0.6) is 0 Å². The van der Waals surface area contributed by atoms with Crippen molar-refractivity contribution in [1.82, 2.24) is 4.90 Å². The lowest BCUT2D eigenvalue weighted by Crippen LogP contribution is -2.39. The molecule has 0 heterocycles. The van der Waals surface area contributed by atoms with Gasteiger partial charge >= 0.3 is 5.97 Å². The smallest absolute Gasteiger partial charge is 0.310 e. The molecule has 0 aromatic heterocycles. The van der Waals surface area contributed by atoms with E-state index in [0.717, 1.165) is 32.2 Å². The van der Waals surface area contributed by atoms with Crippen molar-refractivity contribution in [3.8, 4) is 0 Å². The highest BCUT2D eigenvalue weighted by Gasteiger charge is 2.33. The minimum Gasteiger partial charge on any atom is -0.481 e. The van der Waals surface area contributed by atoms with Gasteiger partial charge in [0.15, 0.2) is 0 Å². The molecule has 3 heteroatoms. The highest BCUT2D eigenvalue weighted by molar-refractivity contribution is 5.74. The van der Waals surface area contributed by atoms with Crippen LogP contribution >= 0.6 is 0 Å². The van der Waals surface area contributed by atoms with Crippen molar-refractivity contribution in [2.24, 2.45) is 5.41 Å². The number of carboxylic acids is 1. The predicted octanol–water partition coefficient (Wildman–Crippen LogP) is 2.61. The molecule has 3 nitrogen and oxygen atoms in total. The molecule has 0 bridgehead atoms. The lowest BCUT2D eigenvalue weighted by atomic mass is 9.85. The van der Waals surface area contributed by atoms with E-state index < -0.39 is 11.4 Å². The minimum absolute atomic E-state index is 0.586. The van der Waals surface area contributed by atoms with Crippen molar-refractivity contribution in [3.05, 3.63) is 0 Å². The molecule has 0 saturated heterocycles. The summed E-state index contributed by atoms with van der Waals surface area (Å²) >= 11 is 0. The first-order chi connectivity index (χ1) is 6.96. The molecule has 0 spiro atoms. The molecule has 0 amide bonds. The molecule has 0 aliphatic rings. The van der Waals surface area contributed by atoms with Crippen LogP contribution in [0.25, 0.3) is 0 Å². The van der Waals surface area contributed by atoms with Gasteiger partial charge in [-0.3, -0.25) is 4.79 Å². The van der Waals surface area contributed by atoms with Crippen LogP contribution in [0, 0.1) is 5.41 Å². The zero-order chi connectivity index (χ0) is 11.9. The lowest BCUT2D eigenvalue weighted by molar-refractivity contribution is -0.149. The van der Waals surface area contributed by atoms with Crippen LogP contribution in [0.15, 0.2) is 0 Å². The van der Waals surface area contributed by atoms with E-state index in [1.165, 1.54) is 0 Å². The standard InChI is InChI=1S/C12H25NO2/c1-5-7-9-13(4)10-12(3,8-6-2)11(14)15/h5-10H2,1-4H3,(H,14,15). The van der Waals surface area contributed by atoms with Crippen molar-refractivity contribution < 1.29 is 9.90 Å². The fourth-order valence-corrected chi connectivity index (χ4v) is 1.91. The molecule has 1 unspecified atom stereocenters. The van der Waals surface area contributed by atoms with E-state index in [0.29, 0.717) is 6.54 Å². The van der Waals surface area contributed by atoms with E-state index in [2.05, 4.69) is 11.8 Å². The van der Waals surface area contributed by atoms with Crippen molar-refractivity contribution in [2.45, 2.75) is 46.5 Å². The zero-order valence-electron chi connectivity index (χ0n) is 10.5. The van der Waals surface area contributed by atoms with E-state index in [9.17, 15) is 9.90 Å². The van der Waals surface area contributed by atoms with Crippen molar-refractivity contribution >= 4 is 5.97 Å². The Morgan fingerprint density at radius 1 is 1.33 bits per heavy atom. The maximum absolute atomic E-state index is 11.2. The quantitative estimate of drug-likeness (QED) is 0.676. The Morgan fingerprint density at radius 3 is 2.33 bits per heavy atom. The average molecular weight is 215 g/mol. The van der Waals surface area contributed by atoms with Gasteiger partial charge in [0.05, 0.1) is 5.41 Å². The molecule has 0 radical (unpaired) electrons. The summed E-state index contributed by atoms with van der Waals surface area (Å²) in [5, 5.41) is 9.21. The number of hydrogen-bond acceptors (Lipinski definition) is 2. The molecule has 15 heavy (non-hydrogen) atoms. The second-order valence-electron chi connectivity index (χ2n) is 4.71. The largest absolute Gasteiger partial charge is 0.481 e. The highest BCUT2D eigenvalue weighted by atomic mass is 16.4. The third-order valence-corrected chi connectivity index (χ3v) is 2.83. The molecule has 0 aromatic carbocycles. The van der Waals surface area contributed by atoms with Crippen LogP contribution in [0.3, 0.4) is 0 Å². The molecule has 0 aliphatic carbocycles. The monoisotopic (exact) mass is 215 g/mol. The molecule has 90 valence electrons. The van der Waals surface area contributed by atoms with Crippen LogP contribution in [0.1, 0.15) is 46.5 Å². The summed E-state index contributed by atoms with van der Waals surface area (Å²) in [7, 11) is 2.01. The van der Waals surface area contributed by atoms with Crippen LogP contribution in [0.2, 0.25) is 0 Å². The number of carbonyl (C=O) groups is 1. The molecule has 0 aromatic rings. The van der Waals surface area contributed by atoms with Gasteiger partial charge in [-0.15, -0.1) is 0 Å². The topological polar surface area (TPSA) is 40.5 Å². The summed E-state index contributed by atoms with van der Waals surface area (Å²) in [6.45, 7) is 7.67. The van der Waals surface area contributed by atoms with E-state index in [1.807, 2.05) is 20.9 Å². The summed E-state index contributed by atoms with van der Waals surface area (Å²) in [4.78, 5) is 13.3. The first-order valence-electron chi connectivity index (χ1n) is 5.88. The summed E-state index contributed by atoms with van der Waals surface area (Å²) in [5.41, 5.74) is -0.586. The predicted molar refractivity (Wildman–Crippen MR) is 63.1 cm³/mol. The number of rotatable bonds is 8. The fourth-order valence-electron chi connectivity index (χ4n) is 1.91. The first kappa shape index (κ1) is 14.4. The third-order valence-electron chi connectivity index (χ3n) is 2.83. The number of nitrogens with zero attached hydrogens (tertiary/aromatic N) is 1. The van der Waals surface area contributed by atoms with E-state index in [1.54, 1.807) is 0 Å². The summed E-state index contributed by atoms with van der Waals surface area (Å²) in [6.07, 6.45) is 3.96. The van der Waals surface area contributed by atoms with Gasteiger partial charge in [-0.25, -0.2) is 0 Å². The first-order valence-corrected chi connectivity index (χ1v) is 5.88. The van der Waals surface area contributed by atoms with E-state index >= 15 is 0 Å². The number of carboxylic acid groups (broad SMARTS) is 1. The Morgan fingerprint density at radius 2 is 1.93 bits per heavy atom. The molecule has 0 rings (SSSR count). The summed E-state index contributed by atoms with van der Waals surface area (Å²) in [6, 6.07) is 0. The molecule has 1 atom stereocenters.